The Morgan fingerprint density at radius 3 is 2.30 bits per heavy atom. The molecule has 11 nitrogen and oxygen atoms in total. The molecule has 0 radical (unpaired) electrons. The summed E-state index contributed by atoms with van der Waals surface area (Å²) in [5.74, 6) is -1.07. The number of amides is 4. The Labute approximate surface area is 274 Å². The standard InChI is InChI=1S/C35H29ClN4O7/c36-25-12-15-28-27(19-25)35(47-34(46)39-28)16-17-40(20-35)32(43)29(38-31(42)24-10-13-26(14-11-24)37-33(44)45)18-21-6-8-23(9-7-21)30(41)22-4-2-1-3-5-22/h1-15,19,29,37H,16-18,20H2,(H,38,42)(H,39,46)(H,44,45)/t29-,35?/m0/s1. The molecule has 4 aromatic carbocycles. The molecule has 4 aromatic rings. The van der Waals surface area contributed by atoms with Crippen LogP contribution in [-0.2, 0) is 21.6 Å². The first-order chi connectivity index (χ1) is 22.6. The van der Waals surface area contributed by atoms with Gasteiger partial charge in [0, 0.05) is 52.4 Å². The van der Waals surface area contributed by atoms with Crippen molar-refractivity contribution in [1.29, 1.82) is 0 Å². The molecule has 0 aromatic heterocycles. The molecule has 2 atom stereocenters. The highest BCUT2D eigenvalue weighted by Gasteiger charge is 2.49. The third-order valence-corrected chi connectivity index (χ3v) is 8.47. The molecule has 6 rings (SSSR count). The maximum absolute atomic E-state index is 14.1. The van der Waals surface area contributed by atoms with E-state index in [-0.39, 0.29) is 42.5 Å². The van der Waals surface area contributed by atoms with Crippen LogP contribution in [0.15, 0.2) is 97.1 Å². The smallest absolute Gasteiger partial charge is 0.412 e. The quantitative estimate of drug-likeness (QED) is 0.178. The number of nitrogens with one attached hydrogen (secondary N) is 3. The Hall–Kier alpha value is -5.68. The zero-order chi connectivity index (χ0) is 33.1. The summed E-state index contributed by atoms with van der Waals surface area (Å²) in [6.07, 6.45) is -1.44. The second kappa shape index (κ2) is 13.0. The lowest BCUT2D eigenvalue weighted by Crippen LogP contribution is -2.50. The fourth-order valence-corrected chi connectivity index (χ4v) is 6.09. The number of carbonyl (C=O) groups excluding carboxylic acids is 4. The number of anilines is 2. The van der Waals surface area contributed by atoms with E-state index in [9.17, 15) is 24.0 Å². The zero-order valence-electron chi connectivity index (χ0n) is 24.9. The lowest BCUT2D eigenvalue weighted by Gasteiger charge is -2.35. The first-order valence-corrected chi connectivity index (χ1v) is 15.2. The van der Waals surface area contributed by atoms with Crippen LogP contribution in [0, 0.1) is 0 Å². The third kappa shape index (κ3) is 6.80. The fraction of sp³-hybridized carbons (Fsp3) is 0.171. The Morgan fingerprint density at radius 2 is 1.60 bits per heavy atom. The molecule has 1 saturated heterocycles. The zero-order valence-corrected chi connectivity index (χ0v) is 25.6. The molecular formula is C35H29ClN4O7. The van der Waals surface area contributed by atoms with Crippen LogP contribution in [0.2, 0.25) is 5.02 Å². The van der Waals surface area contributed by atoms with E-state index in [1.165, 1.54) is 24.3 Å². The highest BCUT2D eigenvalue weighted by atomic mass is 35.5. The molecule has 4 N–H and O–H groups in total. The molecule has 0 aliphatic carbocycles. The van der Waals surface area contributed by atoms with E-state index >= 15 is 0 Å². The van der Waals surface area contributed by atoms with Gasteiger partial charge in [-0.1, -0.05) is 66.2 Å². The Bertz CT molecular complexity index is 1870. The number of likely N-dealkylation sites (tertiary alicyclic amines) is 1. The molecule has 4 amide bonds. The number of benzene rings is 4. The molecule has 47 heavy (non-hydrogen) atoms. The third-order valence-electron chi connectivity index (χ3n) is 8.23. The molecule has 238 valence electrons. The lowest BCUT2D eigenvalue weighted by molar-refractivity contribution is -0.133. The second-order valence-corrected chi connectivity index (χ2v) is 11.8. The summed E-state index contributed by atoms with van der Waals surface area (Å²) in [5.41, 5.74) is 2.34. The van der Waals surface area contributed by atoms with Crippen LogP contribution < -0.4 is 16.0 Å². The van der Waals surface area contributed by atoms with Crippen LogP contribution >= 0.6 is 11.6 Å². The van der Waals surface area contributed by atoms with Crippen LogP contribution in [0.4, 0.5) is 21.0 Å². The molecule has 1 spiro atoms. The van der Waals surface area contributed by atoms with Crippen molar-refractivity contribution in [2.45, 2.75) is 24.5 Å². The maximum atomic E-state index is 14.1. The number of ketones is 1. The number of nitrogens with zero attached hydrogens (tertiary/aromatic N) is 1. The van der Waals surface area contributed by atoms with E-state index in [4.69, 9.17) is 21.4 Å². The maximum Gasteiger partial charge on any atom is 0.412 e. The van der Waals surface area contributed by atoms with Crippen LogP contribution in [0.5, 0.6) is 0 Å². The van der Waals surface area contributed by atoms with Gasteiger partial charge < -0.3 is 20.1 Å². The van der Waals surface area contributed by atoms with Gasteiger partial charge >= 0.3 is 12.2 Å². The SMILES string of the molecule is O=C(O)Nc1ccc(C(=O)N[C@@H](Cc2ccc(C(=O)c3ccccc3)cc2)C(=O)N2CCC3(C2)OC(=O)Nc2ccc(Cl)cc23)cc1. The van der Waals surface area contributed by atoms with Crippen LogP contribution in [0.25, 0.3) is 0 Å². The van der Waals surface area contributed by atoms with Crippen molar-refractivity contribution in [3.63, 3.8) is 0 Å². The van der Waals surface area contributed by atoms with E-state index in [1.54, 1.807) is 71.6 Å². The van der Waals surface area contributed by atoms with Gasteiger partial charge in [-0.3, -0.25) is 25.0 Å². The van der Waals surface area contributed by atoms with Gasteiger partial charge in [0.1, 0.15) is 6.04 Å². The molecule has 1 fully saturated rings. The Kier molecular flexibility index (Phi) is 8.64. The van der Waals surface area contributed by atoms with Crippen molar-refractivity contribution in [3.8, 4) is 0 Å². The first-order valence-electron chi connectivity index (χ1n) is 14.8. The average Bonchev–Trinajstić information content (AvgIpc) is 3.49. The van der Waals surface area contributed by atoms with Crippen molar-refractivity contribution >= 4 is 52.8 Å². The predicted molar refractivity (Wildman–Crippen MR) is 174 cm³/mol. The van der Waals surface area contributed by atoms with Gasteiger partial charge in [0.05, 0.1) is 12.2 Å². The number of halogens is 1. The molecule has 0 saturated carbocycles. The average molecular weight is 653 g/mol. The normalized spacial score (nSPS) is 17.2. The number of carbonyl (C=O) groups is 5. The summed E-state index contributed by atoms with van der Waals surface area (Å²) in [4.78, 5) is 65.5. The molecule has 12 heteroatoms. The highest BCUT2D eigenvalue weighted by molar-refractivity contribution is 6.30. The monoisotopic (exact) mass is 652 g/mol. The molecule has 0 bridgehead atoms. The van der Waals surface area contributed by atoms with Gasteiger partial charge in [-0.05, 0) is 48.0 Å². The van der Waals surface area contributed by atoms with Crippen LogP contribution in [0.3, 0.4) is 0 Å². The number of carboxylic acid groups (broad SMARTS) is 1. The minimum atomic E-state index is -1.24. The minimum Gasteiger partial charge on any atom is -0.465 e. The topological polar surface area (TPSA) is 154 Å². The van der Waals surface area contributed by atoms with Crippen LogP contribution in [-0.4, -0.2) is 58.9 Å². The molecular weight excluding hydrogens is 624 g/mol. The van der Waals surface area contributed by atoms with Gasteiger partial charge in [0.15, 0.2) is 11.4 Å². The van der Waals surface area contributed by atoms with Gasteiger partial charge in [-0.2, -0.15) is 0 Å². The minimum absolute atomic E-state index is 0.0546. The number of rotatable bonds is 8. The Balaban J connectivity index is 1.25. The summed E-state index contributed by atoms with van der Waals surface area (Å²) in [6.45, 7) is 0.309. The fourth-order valence-electron chi connectivity index (χ4n) is 5.92. The number of ether oxygens (including phenoxy) is 1. The van der Waals surface area contributed by atoms with E-state index in [2.05, 4.69) is 16.0 Å². The van der Waals surface area contributed by atoms with Crippen molar-refractivity contribution in [2.24, 2.45) is 0 Å². The van der Waals surface area contributed by atoms with Crippen molar-refractivity contribution in [1.82, 2.24) is 10.2 Å². The van der Waals surface area contributed by atoms with Gasteiger partial charge in [-0.15, -0.1) is 0 Å². The summed E-state index contributed by atoms with van der Waals surface area (Å²) in [5, 5.41) is 17.1. The molecule has 2 heterocycles. The number of fused-ring (bicyclic) bond motifs is 2. The summed E-state index contributed by atoms with van der Waals surface area (Å²) in [6, 6.07) is 25.6. The van der Waals surface area contributed by atoms with Crippen molar-refractivity contribution in [2.75, 3.05) is 23.7 Å². The molecule has 2 aliphatic rings. The van der Waals surface area contributed by atoms with E-state index < -0.39 is 29.7 Å². The highest BCUT2D eigenvalue weighted by Crippen LogP contribution is 2.44. The van der Waals surface area contributed by atoms with E-state index in [0.29, 0.717) is 39.4 Å². The summed E-state index contributed by atoms with van der Waals surface area (Å²) >= 11 is 6.28. The largest absolute Gasteiger partial charge is 0.465 e. The second-order valence-electron chi connectivity index (χ2n) is 11.3. The van der Waals surface area contributed by atoms with Gasteiger partial charge in [0.2, 0.25) is 5.91 Å². The molecule has 2 aliphatic heterocycles. The van der Waals surface area contributed by atoms with E-state index in [0.717, 1.165) is 0 Å². The number of hydrogen-bond acceptors (Lipinski definition) is 6. The van der Waals surface area contributed by atoms with Crippen molar-refractivity contribution in [3.05, 3.63) is 130 Å². The number of hydrogen-bond donors (Lipinski definition) is 4. The summed E-state index contributed by atoms with van der Waals surface area (Å²) < 4.78 is 5.79. The first kappa shape index (κ1) is 31.3. The summed E-state index contributed by atoms with van der Waals surface area (Å²) in [7, 11) is 0. The van der Waals surface area contributed by atoms with Gasteiger partial charge in [-0.25, -0.2) is 9.59 Å². The van der Waals surface area contributed by atoms with E-state index in [1.807, 2.05) is 6.07 Å². The lowest BCUT2D eigenvalue weighted by atomic mass is 9.90. The predicted octanol–water partition coefficient (Wildman–Crippen LogP) is 5.69. The molecule has 1 unspecified atom stereocenters. The van der Waals surface area contributed by atoms with Crippen molar-refractivity contribution < 1.29 is 33.8 Å². The Morgan fingerprint density at radius 1 is 0.915 bits per heavy atom. The van der Waals surface area contributed by atoms with Gasteiger partial charge in [0.25, 0.3) is 5.91 Å². The van der Waals surface area contributed by atoms with Crippen LogP contribution in [0.1, 0.15) is 43.8 Å².